The minimum Gasteiger partial charge on any atom is -0.331 e. The second kappa shape index (κ2) is 8.38. The van der Waals surface area contributed by atoms with Crippen molar-refractivity contribution in [3.8, 4) is 0 Å². The summed E-state index contributed by atoms with van der Waals surface area (Å²) in [7, 11) is -3.71. The molecule has 1 amide bonds. The highest BCUT2D eigenvalue weighted by Gasteiger charge is 2.57. The zero-order chi connectivity index (χ0) is 23.5. The van der Waals surface area contributed by atoms with Crippen LogP contribution >= 0.6 is 11.6 Å². The number of rotatable bonds is 4. The van der Waals surface area contributed by atoms with Crippen LogP contribution in [0.25, 0.3) is 0 Å². The highest BCUT2D eigenvalue weighted by atomic mass is 35.5. The van der Waals surface area contributed by atoms with Gasteiger partial charge in [0.2, 0.25) is 0 Å². The van der Waals surface area contributed by atoms with Gasteiger partial charge in [-0.05, 0) is 67.7 Å². The molecule has 1 saturated heterocycles. The third kappa shape index (κ3) is 4.83. The Morgan fingerprint density at radius 1 is 1.06 bits per heavy atom. The van der Waals surface area contributed by atoms with Crippen LogP contribution in [0, 0.1) is 17.8 Å². The maximum absolute atomic E-state index is 13.5. The van der Waals surface area contributed by atoms with E-state index in [0.717, 1.165) is 19.3 Å². The zero-order valence-corrected chi connectivity index (χ0v) is 21.0. The molecular formula is C26H35ClN2O3S. The topological polar surface area (TPSA) is 67.3 Å². The van der Waals surface area contributed by atoms with E-state index in [1.54, 1.807) is 43.3 Å². The van der Waals surface area contributed by atoms with E-state index in [9.17, 15) is 13.2 Å². The minimum absolute atomic E-state index is 0. The van der Waals surface area contributed by atoms with Crippen molar-refractivity contribution in [1.82, 2.24) is 9.88 Å². The second-order valence-corrected chi connectivity index (χ2v) is 13.4. The molecule has 2 atom stereocenters. The minimum atomic E-state index is -3.71. The number of nitrogens with zero attached hydrogens (tertiary/aromatic N) is 2. The number of hydrogen-bond acceptors (Lipinski definition) is 4. The van der Waals surface area contributed by atoms with Crippen LogP contribution in [0.2, 0.25) is 5.02 Å². The summed E-state index contributed by atoms with van der Waals surface area (Å²) < 4.78 is 26.2. The van der Waals surface area contributed by atoms with E-state index in [1.807, 2.05) is 4.90 Å². The molecule has 1 aliphatic carbocycles. The number of benzene rings is 1. The standard InChI is InChI=1S/C25H31ClN2O3S.CH4/c1-17-8-6-10-19(26)21(17)32(30,31)12-18-9-7-11-20(27-18)22(29)28-16-24(4)13-23(2,3)14-25(28,5)15-24;/h6-11H,12-16H2,1-5H3;1H4/t24-,25+;/m0./s1. The lowest BCUT2D eigenvalue weighted by molar-refractivity contribution is 0.0464. The van der Waals surface area contributed by atoms with Crippen molar-refractivity contribution in [2.45, 2.75) is 77.5 Å². The fourth-order valence-electron chi connectivity index (χ4n) is 6.58. The molecule has 0 radical (unpaired) electrons. The molecule has 2 heterocycles. The van der Waals surface area contributed by atoms with Crippen LogP contribution in [-0.2, 0) is 15.6 Å². The van der Waals surface area contributed by atoms with Gasteiger partial charge in [-0.15, -0.1) is 0 Å². The van der Waals surface area contributed by atoms with Crippen LogP contribution in [0.5, 0.6) is 0 Å². The van der Waals surface area contributed by atoms with Gasteiger partial charge in [-0.25, -0.2) is 13.4 Å². The molecule has 2 bridgehead atoms. The van der Waals surface area contributed by atoms with Gasteiger partial charge in [0.25, 0.3) is 5.91 Å². The van der Waals surface area contributed by atoms with Gasteiger partial charge in [-0.1, -0.05) is 58.0 Å². The lowest BCUT2D eigenvalue weighted by Crippen LogP contribution is -2.48. The summed E-state index contributed by atoms with van der Waals surface area (Å²) in [5.41, 5.74) is 1.28. The van der Waals surface area contributed by atoms with Gasteiger partial charge >= 0.3 is 0 Å². The van der Waals surface area contributed by atoms with E-state index in [4.69, 9.17) is 11.6 Å². The number of pyridine rings is 1. The van der Waals surface area contributed by atoms with Crippen molar-refractivity contribution in [3.63, 3.8) is 0 Å². The van der Waals surface area contributed by atoms with Gasteiger partial charge in [-0.2, -0.15) is 0 Å². The van der Waals surface area contributed by atoms with Crippen LogP contribution in [0.15, 0.2) is 41.3 Å². The molecule has 0 spiro atoms. The van der Waals surface area contributed by atoms with Crippen LogP contribution in [0.4, 0.5) is 0 Å². The SMILES string of the molecule is C.Cc1cccc(Cl)c1S(=O)(=O)Cc1cccc(C(=O)N2C[C@@]3(C)CC(C)(C)C[C@]2(C)C3)n1. The second-order valence-electron chi connectivity index (χ2n) is 11.1. The average molecular weight is 491 g/mol. The van der Waals surface area contributed by atoms with Crippen molar-refractivity contribution in [3.05, 3.63) is 58.4 Å². The summed E-state index contributed by atoms with van der Waals surface area (Å²) in [5.74, 6) is -0.428. The lowest BCUT2D eigenvalue weighted by Gasteiger charge is -2.45. The fourth-order valence-corrected chi connectivity index (χ4v) is 8.77. The smallest absolute Gasteiger partial charge is 0.272 e. The molecule has 2 fully saturated rings. The predicted molar refractivity (Wildman–Crippen MR) is 133 cm³/mol. The molecule has 2 aliphatic rings. The normalized spacial score (nSPS) is 26.1. The Bertz CT molecular complexity index is 1170. The van der Waals surface area contributed by atoms with Crippen molar-refractivity contribution in [2.75, 3.05) is 6.54 Å². The first-order chi connectivity index (χ1) is 14.7. The predicted octanol–water partition coefficient (Wildman–Crippen LogP) is 6.08. The fraction of sp³-hybridized carbons (Fsp3) is 0.538. The van der Waals surface area contributed by atoms with Gasteiger partial charge in [0, 0.05) is 12.1 Å². The van der Waals surface area contributed by atoms with Crippen LogP contribution in [0.3, 0.4) is 0 Å². The molecule has 180 valence electrons. The number of hydrogen-bond donors (Lipinski definition) is 0. The quantitative estimate of drug-likeness (QED) is 0.520. The van der Waals surface area contributed by atoms with Crippen molar-refractivity contribution in [2.24, 2.45) is 10.8 Å². The summed E-state index contributed by atoms with van der Waals surface area (Å²) in [6, 6.07) is 10.1. The molecule has 1 aromatic heterocycles. The molecule has 33 heavy (non-hydrogen) atoms. The molecule has 7 heteroatoms. The molecule has 1 aliphatic heterocycles. The van der Waals surface area contributed by atoms with Gasteiger partial charge in [0.05, 0.1) is 21.4 Å². The van der Waals surface area contributed by atoms with Gasteiger partial charge in [0.1, 0.15) is 5.69 Å². The summed E-state index contributed by atoms with van der Waals surface area (Å²) in [4.78, 5) is 20.1. The lowest BCUT2D eigenvalue weighted by atomic mass is 9.61. The Kier molecular flexibility index (Phi) is 6.53. The van der Waals surface area contributed by atoms with E-state index in [2.05, 4.69) is 32.7 Å². The Morgan fingerprint density at radius 2 is 1.73 bits per heavy atom. The maximum Gasteiger partial charge on any atom is 0.272 e. The molecule has 5 nitrogen and oxygen atoms in total. The zero-order valence-electron chi connectivity index (χ0n) is 19.4. The third-order valence-electron chi connectivity index (χ3n) is 6.85. The van der Waals surface area contributed by atoms with Gasteiger partial charge in [-0.3, -0.25) is 4.79 Å². The van der Waals surface area contributed by atoms with Crippen LogP contribution in [0.1, 0.15) is 76.1 Å². The summed E-state index contributed by atoms with van der Waals surface area (Å²) in [6.45, 7) is 11.4. The third-order valence-corrected chi connectivity index (χ3v) is 9.11. The molecule has 1 saturated carbocycles. The van der Waals surface area contributed by atoms with E-state index >= 15 is 0 Å². The number of likely N-dealkylation sites (tertiary alicyclic amines) is 1. The first kappa shape index (κ1) is 25.7. The molecule has 0 N–H and O–H groups in total. The average Bonchev–Trinajstić information content (AvgIpc) is 2.84. The molecule has 4 rings (SSSR count). The highest BCUT2D eigenvalue weighted by Crippen LogP contribution is 2.57. The number of carbonyl (C=O) groups excluding carboxylic acids is 1. The summed E-state index contributed by atoms with van der Waals surface area (Å²) in [5, 5.41) is 0.199. The van der Waals surface area contributed by atoms with Crippen LogP contribution < -0.4 is 0 Å². The monoisotopic (exact) mass is 490 g/mol. The first-order valence-corrected chi connectivity index (χ1v) is 13.0. The summed E-state index contributed by atoms with van der Waals surface area (Å²) >= 11 is 6.19. The Morgan fingerprint density at radius 3 is 2.39 bits per heavy atom. The maximum atomic E-state index is 13.5. The molecule has 0 unspecified atom stereocenters. The Hall–Kier alpha value is -1.92. The largest absolute Gasteiger partial charge is 0.331 e. The molecule has 2 aromatic rings. The Labute approximate surface area is 203 Å². The van der Waals surface area contributed by atoms with Gasteiger partial charge < -0.3 is 4.90 Å². The number of halogens is 1. The van der Waals surface area contributed by atoms with E-state index in [0.29, 0.717) is 23.5 Å². The molecule has 1 aromatic carbocycles. The number of carbonyl (C=O) groups is 1. The number of aryl methyl sites for hydroxylation is 1. The van der Waals surface area contributed by atoms with Crippen molar-refractivity contribution in [1.29, 1.82) is 0 Å². The Balaban J connectivity index is 0.00000306. The number of fused-ring (bicyclic) bond motifs is 2. The van der Waals surface area contributed by atoms with Crippen molar-refractivity contribution >= 4 is 27.3 Å². The summed E-state index contributed by atoms with van der Waals surface area (Å²) in [6.07, 6.45) is 3.01. The van der Waals surface area contributed by atoms with Crippen molar-refractivity contribution < 1.29 is 13.2 Å². The number of amides is 1. The van der Waals surface area contributed by atoms with Gasteiger partial charge in [0.15, 0.2) is 9.84 Å². The highest BCUT2D eigenvalue weighted by molar-refractivity contribution is 7.90. The first-order valence-electron chi connectivity index (χ1n) is 11.0. The van der Waals surface area contributed by atoms with E-state index in [-0.39, 0.29) is 45.4 Å². The van der Waals surface area contributed by atoms with Crippen LogP contribution in [-0.4, -0.2) is 36.3 Å². The van der Waals surface area contributed by atoms with E-state index in [1.165, 1.54) is 0 Å². The number of aromatic nitrogens is 1. The number of sulfone groups is 1. The van der Waals surface area contributed by atoms with E-state index < -0.39 is 9.84 Å². The molecular weight excluding hydrogens is 456 g/mol.